The third kappa shape index (κ3) is 4.89. The lowest BCUT2D eigenvalue weighted by atomic mass is 10.1. The first-order valence-corrected chi connectivity index (χ1v) is 7.23. The van der Waals surface area contributed by atoms with Crippen molar-refractivity contribution in [1.82, 2.24) is 10.2 Å². The van der Waals surface area contributed by atoms with Crippen LogP contribution in [0, 0.1) is 0 Å². The minimum atomic E-state index is -1.15. The van der Waals surface area contributed by atoms with Crippen molar-refractivity contribution in [3.63, 3.8) is 0 Å². The third-order valence-electron chi connectivity index (χ3n) is 2.97. The molecule has 0 aliphatic carbocycles. The molecular formula is C14H16Cl2N2O4. The quantitative estimate of drug-likeness (QED) is 0.825. The van der Waals surface area contributed by atoms with Crippen LogP contribution in [0.15, 0.2) is 18.2 Å². The van der Waals surface area contributed by atoms with E-state index in [0.717, 1.165) is 4.90 Å². The fraction of sp³-hybridized carbons (Fsp3) is 0.357. The molecule has 120 valence electrons. The third-order valence-corrected chi connectivity index (χ3v) is 3.52. The number of carboxylic acid groups (broad SMARTS) is 1. The van der Waals surface area contributed by atoms with E-state index in [-0.39, 0.29) is 29.6 Å². The van der Waals surface area contributed by atoms with Gasteiger partial charge in [0.2, 0.25) is 5.91 Å². The summed E-state index contributed by atoms with van der Waals surface area (Å²) in [4.78, 5) is 35.7. The highest BCUT2D eigenvalue weighted by Crippen LogP contribution is 2.23. The molecule has 1 aromatic carbocycles. The van der Waals surface area contributed by atoms with Gasteiger partial charge >= 0.3 is 5.97 Å². The molecule has 6 nitrogen and oxygen atoms in total. The van der Waals surface area contributed by atoms with E-state index in [4.69, 9.17) is 28.3 Å². The van der Waals surface area contributed by atoms with E-state index >= 15 is 0 Å². The Morgan fingerprint density at radius 3 is 2.45 bits per heavy atom. The van der Waals surface area contributed by atoms with Crippen molar-refractivity contribution in [2.75, 3.05) is 13.1 Å². The first-order valence-electron chi connectivity index (χ1n) is 6.47. The summed E-state index contributed by atoms with van der Waals surface area (Å²) in [5.41, 5.74) is 0.155. The van der Waals surface area contributed by atoms with Crippen LogP contribution < -0.4 is 5.32 Å². The predicted molar refractivity (Wildman–Crippen MR) is 83.3 cm³/mol. The van der Waals surface area contributed by atoms with Gasteiger partial charge in [-0.05, 0) is 25.1 Å². The van der Waals surface area contributed by atoms with Crippen molar-refractivity contribution in [1.29, 1.82) is 0 Å². The number of nitrogens with zero attached hydrogens (tertiary/aromatic N) is 1. The van der Waals surface area contributed by atoms with Gasteiger partial charge in [-0.1, -0.05) is 23.2 Å². The number of hydrogen-bond acceptors (Lipinski definition) is 3. The van der Waals surface area contributed by atoms with Gasteiger partial charge < -0.3 is 15.3 Å². The first-order chi connectivity index (χ1) is 10.2. The van der Waals surface area contributed by atoms with Crippen LogP contribution >= 0.6 is 23.2 Å². The van der Waals surface area contributed by atoms with Gasteiger partial charge in [0.05, 0.1) is 10.6 Å². The van der Waals surface area contributed by atoms with Crippen molar-refractivity contribution < 1.29 is 19.5 Å². The van der Waals surface area contributed by atoms with Crippen LogP contribution in [-0.4, -0.2) is 46.9 Å². The summed E-state index contributed by atoms with van der Waals surface area (Å²) in [7, 11) is 0. The monoisotopic (exact) mass is 346 g/mol. The molecule has 0 bridgehead atoms. The number of hydrogen-bond donors (Lipinski definition) is 2. The van der Waals surface area contributed by atoms with Crippen LogP contribution in [0.1, 0.15) is 24.2 Å². The highest BCUT2D eigenvalue weighted by atomic mass is 35.5. The van der Waals surface area contributed by atoms with Crippen molar-refractivity contribution in [3.05, 3.63) is 33.8 Å². The SMILES string of the molecule is CC(=O)NCCN(C(=O)c1ccc(Cl)cc1Cl)C(C)C(=O)O. The number of halogens is 2. The number of rotatable bonds is 6. The standard InChI is InChI=1S/C14H16Cl2N2O4/c1-8(14(21)22)18(6-5-17-9(2)19)13(20)11-4-3-10(15)7-12(11)16/h3-4,7-8H,5-6H2,1-2H3,(H,17,19)(H,21,22). The molecule has 0 spiro atoms. The molecule has 8 heteroatoms. The van der Waals surface area contributed by atoms with Crippen molar-refractivity contribution in [2.45, 2.75) is 19.9 Å². The average Bonchev–Trinajstić information content (AvgIpc) is 2.42. The molecule has 22 heavy (non-hydrogen) atoms. The van der Waals surface area contributed by atoms with Crippen molar-refractivity contribution in [3.8, 4) is 0 Å². The molecule has 1 unspecified atom stereocenters. The summed E-state index contributed by atoms with van der Waals surface area (Å²) in [6, 6.07) is 3.28. The Morgan fingerprint density at radius 1 is 1.32 bits per heavy atom. The molecule has 0 radical (unpaired) electrons. The van der Waals surface area contributed by atoms with Gasteiger partial charge in [-0.3, -0.25) is 9.59 Å². The van der Waals surface area contributed by atoms with Gasteiger partial charge in [-0.2, -0.15) is 0 Å². The number of carbonyl (C=O) groups excluding carboxylic acids is 2. The molecule has 2 amide bonds. The summed E-state index contributed by atoms with van der Waals surface area (Å²) in [5.74, 6) is -1.96. The smallest absolute Gasteiger partial charge is 0.326 e. The van der Waals surface area contributed by atoms with Gasteiger partial charge in [-0.25, -0.2) is 4.79 Å². The summed E-state index contributed by atoms with van der Waals surface area (Å²) in [6.07, 6.45) is 0. The topological polar surface area (TPSA) is 86.7 Å². The average molecular weight is 347 g/mol. The zero-order chi connectivity index (χ0) is 16.9. The van der Waals surface area contributed by atoms with Gasteiger partial charge in [0.25, 0.3) is 5.91 Å². The highest BCUT2D eigenvalue weighted by Gasteiger charge is 2.27. The summed E-state index contributed by atoms with van der Waals surface area (Å²) in [5, 5.41) is 12.2. The van der Waals surface area contributed by atoms with Crippen molar-refractivity contribution in [2.24, 2.45) is 0 Å². The summed E-state index contributed by atoms with van der Waals surface area (Å²) >= 11 is 11.8. The number of carbonyl (C=O) groups is 3. The Labute approximate surface area is 138 Å². The van der Waals surface area contributed by atoms with E-state index in [1.54, 1.807) is 0 Å². The Bertz CT molecular complexity index is 592. The molecular weight excluding hydrogens is 331 g/mol. The molecule has 0 fully saturated rings. The molecule has 0 saturated carbocycles. The summed E-state index contributed by atoms with van der Waals surface area (Å²) in [6.45, 7) is 2.91. The Balaban J connectivity index is 3.00. The maximum Gasteiger partial charge on any atom is 0.326 e. The molecule has 0 saturated heterocycles. The largest absolute Gasteiger partial charge is 0.480 e. The lowest BCUT2D eigenvalue weighted by Crippen LogP contribution is -2.46. The van der Waals surface area contributed by atoms with E-state index in [1.165, 1.54) is 32.0 Å². The lowest BCUT2D eigenvalue weighted by Gasteiger charge is -2.27. The second-order valence-corrected chi connectivity index (χ2v) is 5.46. The van der Waals surface area contributed by atoms with E-state index in [1.807, 2.05) is 0 Å². The van der Waals surface area contributed by atoms with Crippen molar-refractivity contribution >= 4 is 41.0 Å². The van der Waals surface area contributed by atoms with Crippen LogP contribution in [0.25, 0.3) is 0 Å². The minimum Gasteiger partial charge on any atom is -0.480 e. The molecule has 1 atom stereocenters. The zero-order valence-corrected chi connectivity index (χ0v) is 13.6. The Morgan fingerprint density at radius 2 is 1.95 bits per heavy atom. The van der Waals surface area contributed by atoms with Crippen LogP contribution in [0.5, 0.6) is 0 Å². The number of nitrogens with one attached hydrogen (secondary N) is 1. The zero-order valence-electron chi connectivity index (χ0n) is 12.1. The minimum absolute atomic E-state index is 0.0465. The number of benzene rings is 1. The fourth-order valence-electron chi connectivity index (χ4n) is 1.77. The normalized spacial score (nSPS) is 11.6. The second-order valence-electron chi connectivity index (χ2n) is 4.62. The first kappa shape index (κ1) is 18.3. The number of carboxylic acids is 1. The molecule has 0 heterocycles. The molecule has 1 aromatic rings. The molecule has 0 aliphatic heterocycles. The van der Waals surface area contributed by atoms with Crippen LogP contribution in [-0.2, 0) is 9.59 Å². The van der Waals surface area contributed by atoms with Gasteiger partial charge in [0, 0.05) is 25.0 Å². The number of amides is 2. The van der Waals surface area contributed by atoms with Crippen LogP contribution in [0.2, 0.25) is 10.0 Å². The van der Waals surface area contributed by atoms with Gasteiger partial charge in [0.1, 0.15) is 6.04 Å². The van der Waals surface area contributed by atoms with Crippen LogP contribution in [0.4, 0.5) is 0 Å². The Kier molecular flexibility index (Phi) is 6.64. The van der Waals surface area contributed by atoms with E-state index in [9.17, 15) is 14.4 Å². The second kappa shape index (κ2) is 8.00. The fourth-order valence-corrected chi connectivity index (χ4v) is 2.26. The molecule has 0 aliphatic rings. The van der Waals surface area contributed by atoms with E-state index < -0.39 is 17.9 Å². The number of aliphatic carboxylic acids is 1. The Hall–Kier alpha value is -1.79. The molecule has 2 N–H and O–H groups in total. The van der Waals surface area contributed by atoms with Crippen LogP contribution in [0.3, 0.4) is 0 Å². The van der Waals surface area contributed by atoms with E-state index in [2.05, 4.69) is 5.32 Å². The molecule has 1 rings (SSSR count). The van der Waals surface area contributed by atoms with E-state index in [0.29, 0.717) is 5.02 Å². The summed E-state index contributed by atoms with van der Waals surface area (Å²) < 4.78 is 0. The molecule has 0 aromatic heterocycles. The lowest BCUT2D eigenvalue weighted by molar-refractivity contribution is -0.141. The maximum atomic E-state index is 12.5. The maximum absolute atomic E-state index is 12.5. The highest BCUT2D eigenvalue weighted by molar-refractivity contribution is 6.36. The van der Waals surface area contributed by atoms with Gasteiger partial charge in [0.15, 0.2) is 0 Å². The van der Waals surface area contributed by atoms with Gasteiger partial charge in [-0.15, -0.1) is 0 Å². The predicted octanol–water partition coefficient (Wildman–Crippen LogP) is 2.04.